The zero-order chi connectivity index (χ0) is 12.0. The summed E-state index contributed by atoms with van der Waals surface area (Å²) in [5, 5.41) is 0. The van der Waals surface area contributed by atoms with E-state index in [0.717, 1.165) is 19.0 Å². The monoisotopic (exact) mass is 226 g/mol. The first kappa shape index (κ1) is 14.0. The minimum atomic E-state index is 0.309. The van der Waals surface area contributed by atoms with Crippen molar-refractivity contribution in [2.75, 3.05) is 26.7 Å². The summed E-state index contributed by atoms with van der Waals surface area (Å²) >= 11 is 0. The molecule has 0 saturated heterocycles. The Morgan fingerprint density at radius 2 is 1.88 bits per heavy atom. The number of nitrogens with zero attached hydrogens (tertiary/aromatic N) is 1. The van der Waals surface area contributed by atoms with Crippen LogP contribution in [-0.2, 0) is 0 Å². The third-order valence-corrected chi connectivity index (χ3v) is 4.29. The molecule has 0 amide bonds. The highest BCUT2D eigenvalue weighted by atomic mass is 15.1. The number of rotatable bonds is 6. The van der Waals surface area contributed by atoms with Crippen molar-refractivity contribution in [2.24, 2.45) is 17.1 Å². The van der Waals surface area contributed by atoms with E-state index in [1.54, 1.807) is 0 Å². The predicted octanol–water partition coefficient (Wildman–Crippen LogP) is 2.87. The van der Waals surface area contributed by atoms with Gasteiger partial charge in [0.15, 0.2) is 0 Å². The van der Waals surface area contributed by atoms with Crippen molar-refractivity contribution in [3.8, 4) is 0 Å². The second-order valence-corrected chi connectivity index (χ2v) is 6.07. The summed E-state index contributed by atoms with van der Waals surface area (Å²) in [6.07, 6.45) is 8.40. The van der Waals surface area contributed by atoms with Crippen LogP contribution in [0.5, 0.6) is 0 Å². The second kappa shape index (κ2) is 6.61. The first-order chi connectivity index (χ1) is 7.59. The molecule has 1 rings (SSSR count). The van der Waals surface area contributed by atoms with Crippen molar-refractivity contribution in [3.05, 3.63) is 0 Å². The summed E-state index contributed by atoms with van der Waals surface area (Å²) in [5.74, 6) is 0.942. The van der Waals surface area contributed by atoms with Crippen molar-refractivity contribution in [2.45, 2.75) is 52.4 Å². The minimum absolute atomic E-state index is 0.309. The molecule has 1 fully saturated rings. The second-order valence-electron chi connectivity index (χ2n) is 6.07. The fourth-order valence-corrected chi connectivity index (χ4v) is 2.85. The summed E-state index contributed by atoms with van der Waals surface area (Å²) in [6, 6.07) is 0. The van der Waals surface area contributed by atoms with Gasteiger partial charge in [-0.15, -0.1) is 0 Å². The molecule has 2 N–H and O–H groups in total. The third-order valence-electron chi connectivity index (χ3n) is 4.29. The maximum atomic E-state index is 5.87. The van der Waals surface area contributed by atoms with E-state index in [4.69, 9.17) is 5.73 Å². The first-order valence-electron chi connectivity index (χ1n) is 6.98. The Balaban J connectivity index is 2.30. The summed E-state index contributed by atoms with van der Waals surface area (Å²) in [6.45, 7) is 7.79. The molecule has 1 saturated carbocycles. The summed E-state index contributed by atoms with van der Waals surface area (Å²) in [4.78, 5) is 2.51. The van der Waals surface area contributed by atoms with E-state index in [-0.39, 0.29) is 0 Å². The quantitative estimate of drug-likeness (QED) is 0.754. The van der Waals surface area contributed by atoms with Gasteiger partial charge in [0.1, 0.15) is 0 Å². The Labute approximate surface area is 102 Å². The highest BCUT2D eigenvalue weighted by Crippen LogP contribution is 2.26. The van der Waals surface area contributed by atoms with Crippen molar-refractivity contribution in [1.29, 1.82) is 0 Å². The van der Waals surface area contributed by atoms with Gasteiger partial charge >= 0.3 is 0 Å². The van der Waals surface area contributed by atoms with E-state index < -0.39 is 0 Å². The fraction of sp³-hybridized carbons (Fsp3) is 1.00. The molecular formula is C14H30N2. The van der Waals surface area contributed by atoms with Crippen LogP contribution in [0.15, 0.2) is 0 Å². The molecule has 0 aliphatic heterocycles. The molecule has 2 nitrogen and oxygen atoms in total. The van der Waals surface area contributed by atoms with Crippen molar-refractivity contribution < 1.29 is 0 Å². The van der Waals surface area contributed by atoms with E-state index in [0.29, 0.717) is 5.41 Å². The zero-order valence-corrected chi connectivity index (χ0v) is 11.5. The molecule has 1 atom stereocenters. The van der Waals surface area contributed by atoms with Gasteiger partial charge in [-0.2, -0.15) is 0 Å². The highest BCUT2D eigenvalue weighted by molar-refractivity contribution is 4.78. The van der Waals surface area contributed by atoms with Crippen LogP contribution in [0.3, 0.4) is 0 Å². The molecule has 0 bridgehead atoms. The SMILES string of the molecule is CCC(C)(CN)CN(C)CC1CCCCC1. The lowest BCUT2D eigenvalue weighted by Crippen LogP contribution is -2.40. The highest BCUT2D eigenvalue weighted by Gasteiger charge is 2.23. The van der Waals surface area contributed by atoms with Crippen LogP contribution in [0, 0.1) is 11.3 Å². The number of hydrogen-bond acceptors (Lipinski definition) is 2. The van der Waals surface area contributed by atoms with Crippen molar-refractivity contribution in [1.82, 2.24) is 4.90 Å². The van der Waals surface area contributed by atoms with Gasteiger partial charge < -0.3 is 10.6 Å². The van der Waals surface area contributed by atoms with Crippen LogP contribution < -0.4 is 5.73 Å². The van der Waals surface area contributed by atoms with Gasteiger partial charge in [0, 0.05) is 13.1 Å². The molecule has 2 heteroatoms. The van der Waals surface area contributed by atoms with Gasteiger partial charge in [0.25, 0.3) is 0 Å². The summed E-state index contributed by atoms with van der Waals surface area (Å²) < 4.78 is 0. The van der Waals surface area contributed by atoms with E-state index >= 15 is 0 Å². The molecule has 0 spiro atoms. The van der Waals surface area contributed by atoms with Crippen molar-refractivity contribution in [3.63, 3.8) is 0 Å². The Morgan fingerprint density at radius 3 is 2.38 bits per heavy atom. The topological polar surface area (TPSA) is 29.3 Å². The lowest BCUT2D eigenvalue weighted by Gasteiger charge is -2.34. The van der Waals surface area contributed by atoms with Crippen LogP contribution in [0.25, 0.3) is 0 Å². The molecule has 0 aromatic rings. The normalized spacial score (nSPS) is 22.3. The lowest BCUT2D eigenvalue weighted by atomic mass is 9.85. The van der Waals surface area contributed by atoms with E-state index in [1.807, 2.05) is 0 Å². The van der Waals surface area contributed by atoms with E-state index in [9.17, 15) is 0 Å². The van der Waals surface area contributed by atoms with Crippen LogP contribution >= 0.6 is 0 Å². The van der Waals surface area contributed by atoms with Gasteiger partial charge in [0.05, 0.1) is 0 Å². The average Bonchev–Trinajstić information content (AvgIpc) is 2.30. The maximum absolute atomic E-state index is 5.87. The average molecular weight is 226 g/mol. The van der Waals surface area contributed by atoms with Gasteiger partial charge in [-0.3, -0.25) is 0 Å². The molecule has 0 aromatic carbocycles. The molecule has 16 heavy (non-hydrogen) atoms. The standard InChI is InChI=1S/C14H30N2/c1-4-14(2,11-15)12-16(3)10-13-8-6-5-7-9-13/h13H,4-12,15H2,1-3H3. The van der Waals surface area contributed by atoms with Crippen molar-refractivity contribution >= 4 is 0 Å². The largest absolute Gasteiger partial charge is 0.330 e. The third kappa shape index (κ3) is 4.42. The Morgan fingerprint density at radius 1 is 1.25 bits per heavy atom. The predicted molar refractivity (Wildman–Crippen MR) is 71.5 cm³/mol. The van der Waals surface area contributed by atoms with E-state index in [1.165, 1.54) is 45.1 Å². The lowest BCUT2D eigenvalue weighted by molar-refractivity contribution is 0.158. The zero-order valence-electron chi connectivity index (χ0n) is 11.5. The minimum Gasteiger partial charge on any atom is -0.330 e. The molecule has 1 unspecified atom stereocenters. The molecular weight excluding hydrogens is 196 g/mol. The van der Waals surface area contributed by atoms with Crippen LogP contribution in [0.4, 0.5) is 0 Å². The van der Waals surface area contributed by atoms with E-state index in [2.05, 4.69) is 25.8 Å². The number of hydrogen-bond donors (Lipinski definition) is 1. The number of nitrogens with two attached hydrogens (primary N) is 1. The molecule has 0 radical (unpaired) electrons. The van der Waals surface area contributed by atoms with Gasteiger partial charge in [0.2, 0.25) is 0 Å². The molecule has 96 valence electrons. The molecule has 1 aliphatic carbocycles. The van der Waals surface area contributed by atoms with Gasteiger partial charge in [-0.05, 0) is 44.2 Å². The van der Waals surface area contributed by atoms with Crippen LogP contribution in [0.1, 0.15) is 52.4 Å². The van der Waals surface area contributed by atoms with Gasteiger partial charge in [-0.1, -0.05) is 33.1 Å². The molecule has 0 heterocycles. The van der Waals surface area contributed by atoms with Crippen LogP contribution in [-0.4, -0.2) is 31.6 Å². The maximum Gasteiger partial charge on any atom is 0.00444 e. The summed E-state index contributed by atoms with van der Waals surface area (Å²) in [5.41, 5.74) is 6.18. The van der Waals surface area contributed by atoms with Crippen LogP contribution in [0.2, 0.25) is 0 Å². The smallest absolute Gasteiger partial charge is 0.00444 e. The molecule has 0 aromatic heterocycles. The first-order valence-corrected chi connectivity index (χ1v) is 6.98. The van der Waals surface area contributed by atoms with Gasteiger partial charge in [-0.25, -0.2) is 0 Å². The fourth-order valence-electron chi connectivity index (χ4n) is 2.85. The molecule has 1 aliphatic rings. The Bertz CT molecular complexity index is 181. The Kier molecular flexibility index (Phi) is 5.77. The summed E-state index contributed by atoms with van der Waals surface area (Å²) in [7, 11) is 2.26. The Hall–Kier alpha value is -0.0800.